The highest BCUT2D eigenvalue weighted by Gasteiger charge is 2.43. The molecule has 0 spiro atoms. The van der Waals surface area contributed by atoms with Crippen molar-refractivity contribution in [3.63, 3.8) is 0 Å². The van der Waals surface area contributed by atoms with Crippen molar-refractivity contribution < 1.29 is 19.1 Å². The number of likely N-dealkylation sites (tertiary alicyclic amines) is 1. The summed E-state index contributed by atoms with van der Waals surface area (Å²) in [5.41, 5.74) is 0. The van der Waals surface area contributed by atoms with Crippen molar-refractivity contribution >= 4 is 5.91 Å². The molecule has 4 heterocycles. The number of amides is 1. The molecule has 0 aliphatic carbocycles. The Balaban J connectivity index is 1.30. The second-order valence-electron chi connectivity index (χ2n) is 7.27. The van der Waals surface area contributed by atoms with E-state index in [1.54, 1.807) is 0 Å². The second kappa shape index (κ2) is 7.05. The zero-order chi connectivity index (χ0) is 15.6. The average Bonchev–Trinajstić information content (AvgIpc) is 3.25. The van der Waals surface area contributed by atoms with Gasteiger partial charge in [0.2, 0.25) is 0 Å². The predicted octanol–water partition coefficient (Wildman–Crippen LogP) is 1.20. The van der Waals surface area contributed by atoms with E-state index < -0.39 is 0 Å². The second-order valence-corrected chi connectivity index (χ2v) is 7.27. The van der Waals surface area contributed by atoms with Crippen LogP contribution in [0, 0.1) is 5.92 Å². The topological polar surface area (TPSA) is 51.2 Å². The van der Waals surface area contributed by atoms with Crippen LogP contribution in [0.5, 0.6) is 0 Å². The van der Waals surface area contributed by atoms with E-state index >= 15 is 0 Å². The van der Waals surface area contributed by atoms with Gasteiger partial charge in [0.05, 0.1) is 19.3 Å². The van der Waals surface area contributed by atoms with Crippen LogP contribution in [-0.4, -0.2) is 73.6 Å². The van der Waals surface area contributed by atoms with Crippen molar-refractivity contribution in [2.45, 2.75) is 56.8 Å². The first-order valence-electron chi connectivity index (χ1n) is 9.23. The van der Waals surface area contributed by atoms with Crippen molar-refractivity contribution in [3.05, 3.63) is 0 Å². The minimum absolute atomic E-state index is 0.0313. The van der Waals surface area contributed by atoms with Gasteiger partial charge in [0.1, 0.15) is 6.10 Å². The third-order valence-corrected chi connectivity index (χ3v) is 5.77. The minimum Gasteiger partial charge on any atom is -0.381 e. The molecule has 4 aliphatic rings. The van der Waals surface area contributed by atoms with Crippen LogP contribution < -0.4 is 0 Å². The molecule has 4 aliphatic heterocycles. The molecule has 23 heavy (non-hydrogen) atoms. The minimum atomic E-state index is -0.294. The molecule has 0 aromatic carbocycles. The molecule has 0 unspecified atom stereocenters. The van der Waals surface area contributed by atoms with Crippen LogP contribution in [0.4, 0.5) is 0 Å². The molecular formula is C17H28N2O4. The van der Waals surface area contributed by atoms with Crippen LogP contribution in [0.1, 0.15) is 38.5 Å². The molecule has 4 fully saturated rings. The van der Waals surface area contributed by atoms with E-state index in [1.807, 2.05) is 0 Å². The summed E-state index contributed by atoms with van der Waals surface area (Å²) in [6, 6.07) is 0.501. The van der Waals surface area contributed by atoms with E-state index in [0.717, 1.165) is 51.4 Å². The largest absolute Gasteiger partial charge is 0.381 e. The van der Waals surface area contributed by atoms with Crippen LogP contribution >= 0.6 is 0 Å². The Labute approximate surface area is 138 Å². The quantitative estimate of drug-likeness (QED) is 0.781. The number of carbonyl (C=O) groups excluding carboxylic acids is 1. The molecule has 130 valence electrons. The molecule has 4 rings (SSSR count). The first kappa shape index (κ1) is 15.8. The fourth-order valence-electron chi connectivity index (χ4n) is 4.47. The van der Waals surface area contributed by atoms with E-state index in [4.69, 9.17) is 14.3 Å². The summed E-state index contributed by atoms with van der Waals surface area (Å²) in [5, 5.41) is 1.51. The maximum atomic E-state index is 12.4. The lowest BCUT2D eigenvalue weighted by Gasteiger charge is -2.37. The van der Waals surface area contributed by atoms with Gasteiger partial charge in [0.25, 0.3) is 5.91 Å². The SMILES string of the molecule is O=C([C@H]1CC[C@@H]2[C@@H](CCN2CC2CCOCC2)O1)N1CCCO1. The number of hydrogen-bond acceptors (Lipinski definition) is 5. The van der Waals surface area contributed by atoms with Gasteiger partial charge in [-0.3, -0.25) is 14.5 Å². The Morgan fingerprint density at radius 1 is 1.00 bits per heavy atom. The monoisotopic (exact) mass is 324 g/mol. The molecule has 0 bridgehead atoms. The molecular weight excluding hydrogens is 296 g/mol. The lowest BCUT2D eigenvalue weighted by atomic mass is 9.96. The van der Waals surface area contributed by atoms with Gasteiger partial charge in [-0.1, -0.05) is 0 Å². The number of rotatable bonds is 3. The summed E-state index contributed by atoms with van der Waals surface area (Å²) in [7, 11) is 0. The van der Waals surface area contributed by atoms with Gasteiger partial charge >= 0.3 is 0 Å². The molecule has 0 aromatic heterocycles. The molecule has 0 radical (unpaired) electrons. The fourth-order valence-corrected chi connectivity index (χ4v) is 4.47. The zero-order valence-electron chi connectivity index (χ0n) is 13.8. The standard InChI is InChI=1S/C17H28N2O4/c20-17(19-7-1-9-22-19)16-3-2-14-15(23-16)4-8-18(14)12-13-5-10-21-11-6-13/h13-16H,1-12H2/t14-,15-,16-/m1/s1. The van der Waals surface area contributed by atoms with Gasteiger partial charge in [-0.25, -0.2) is 5.06 Å². The highest BCUT2D eigenvalue weighted by atomic mass is 16.7. The smallest absolute Gasteiger partial charge is 0.275 e. The zero-order valence-corrected chi connectivity index (χ0v) is 13.8. The molecule has 0 saturated carbocycles. The van der Waals surface area contributed by atoms with Crippen molar-refractivity contribution in [2.24, 2.45) is 5.92 Å². The lowest BCUT2D eigenvalue weighted by Crippen LogP contribution is -2.49. The van der Waals surface area contributed by atoms with Crippen LogP contribution in [-0.2, 0) is 19.1 Å². The number of carbonyl (C=O) groups is 1. The summed E-state index contributed by atoms with van der Waals surface area (Å²) in [4.78, 5) is 20.4. The number of hydroxylamine groups is 2. The summed E-state index contributed by atoms with van der Waals surface area (Å²) in [6.07, 6.45) is 6.17. The van der Waals surface area contributed by atoms with Gasteiger partial charge in [-0.15, -0.1) is 0 Å². The predicted molar refractivity (Wildman–Crippen MR) is 83.7 cm³/mol. The van der Waals surface area contributed by atoms with E-state index in [0.29, 0.717) is 19.2 Å². The average molecular weight is 324 g/mol. The van der Waals surface area contributed by atoms with Crippen molar-refractivity contribution in [1.29, 1.82) is 0 Å². The molecule has 0 aromatic rings. The third-order valence-electron chi connectivity index (χ3n) is 5.77. The van der Waals surface area contributed by atoms with Crippen molar-refractivity contribution in [1.82, 2.24) is 9.96 Å². The molecule has 6 nitrogen and oxygen atoms in total. The Kier molecular flexibility index (Phi) is 4.85. The summed E-state index contributed by atoms with van der Waals surface area (Å²) in [6.45, 7) is 5.46. The van der Waals surface area contributed by atoms with E-state index in [1.165, 1.54) is 24.4 Å². The fraction of sp³-hybridized carbons (Fsp3) is 0.941. The molecule has 3 atom stereocenters. The van der Waals surface area contributed by atoms with Crippen LogP contribution in [0.3, 0.4) is 0 Å². The van der Waals surface area contributed by atoms with Crippen LogP contribution in [0.15, 0.2) is 0 Å². The molecule has 4 saturated heterocycles. The van der Waals surface area contributed by atoms with E-state index in [-0.39, 0.29) is 18.1 Å². The lowest BCUT2D eigenvalue weighted by molar-refractivity contribution is -0.189. The normalized spacial score (nSPS) is 36.3. The third kappa shape index (κ3) is 3.40. The number of hydrogen-bond donors (Lipinski definition) is 0. The summed E-state index contributed by atoms with van der Waals surface area (Å²) < 4.78 is 11.6. The number of ether oxygens (including phenoxy) is 2. The molecule has 1 amide bonds. The van der Waals surface area contributed by atoms with Crippen LogP contribution in [0.2, 0.25) is 0 Å². The van der Waals surface area contributed by atoms with E-state index in [9.17, 15) is 4.79 Å². The maximum absolute atomic E-state index is 12.4. The molecule has 6 heteroatoms. The van der Waals surface area contributed by atoms with Gasteiger partial charge < -0.3 is 9.47 Å². The Hall–Kier alpha value is -0.690. The Morgan fingerprint density at radius 3 is 2.65 bits per heavy atom. The van der Waals surface area contributed by atoms with Crippen LogP contribution in [0.25, 0.3) is 0 Å². The maximum Gasteiger partial charge on any atom is 0.275 e. The van der Waals surface area contributed by atoms with Gasteiger partial charge in [0.15, 0.2) is 0 Å². The first-order chi connectivity index (χ1) is 11.3. The number of fused-ring (bicyclic) bond motifs is 1. The highest BCUT2D eigenvalue weighted by Crippen LogP contribution is 2.33. The summed E-state index contributed by atoms with van der Waals surface area (Å²) in [5.74, 6) is 0.795. The van der Waals surface area contributed by atoms with Crippen molar-refractivity contribution in [2.75, 3.05) is 39.5 Å². The molecule has 0 N–H and O–H groups in total. The Bertz CT molecular complexity index is 421. The summed E-state index contributed by atoms with van der Waals surface area (Å²) >= 11 is 0. The van der Waals surface area contributed by atoms with Gasteiger partial charge in [-0.2, -0.15) is 0 Å². The van der Waals surface area contributed by atoms with Crippen molar-refractivity contribution in [3.8, 4) is 0 Å². The Morgan fingerprint density at radius 2 is 1.87 bits per heavy atom. The van der Waals surface area contributed by atoms with Gasteiger partial charge in [-0.05, 0) is 44.4 Å². The number of nitrogens with zero attached hydrogens (tertiary/aromatic N) is 2. The van der Waals surface area contributed by atoms with Gasteiger partial charge in [0, 0.05) is 32.3 Å². The first-order valence-corrected chi connectivity index (χ1v) is 9.23. The van der Waals surface area contributed by atoms with E-state index in [2.05, 4.69) is 4.90 Å². The highest BCUT2D eigenvalue weighted by molar-refractivity contribution is 5.80.